The quantitative estimate of drug-likeness (QED) is 0.791. The zero-order chi connectivity index (χ0) is 21.7. The Labute approximate surface area is 177 Å². The monoisotopic (exact) mass is 412 g/mol. The number of nitrogens with zero attached hydrogens (tertiary/aromatic N) is 1. The second kappa shape index (κ2) is 9.39. The number of benzene rings is 2. The van der Waals surface area contributed by atoms with E-state index in [0.29, 0.717) is 26.1 Å². The number of hydrogen-bond donors (Lipinski definition) is 1. The molecule has 2 aromatic rings. The molecule has 0 unspecified atom stereocenters. The first kappa shape index (κ1) is 22.0. The molecule has 0 bridgehead atoms. The van der Waals surface area contributed by atoms with Crippen LogP contribution < -0.4 is 5.32 Å². The van der Waals surface area contributed by atoms with Crippen molar-refractivity contribution < 1.29 is 18.7 Å². The summed E-state index contributed by atoms with van der Waals surface area (Å²) in [6.07, 6.45) is 0.314. The van der Waals surface area contributed by atoms with Gasteiger partial charge in [-0.2, -0.15) is 0 Å². The molecule has 1 atom stereocenters. The number of ether oxygens (including phenoxy) is 1. The number of morpholine rings is 1. The Hall–Kier alpha value is -2.73. The minimum absolute atomic E-state index is 0.0128. The van der Waals surface area contributed by atoms with Gasteiger partial charge in [0.15, 0.2) is 5.60 Å². The summed E-state index contributed by atoms with van der Waals surface area (Å²) in [5, 5.41) is 2.88. The molecule has 1 aliphatic rings. The standard InChI is InChI=1S/C24H29FN2O3/c1-4-26-23(29)24(16-27(13-14-30-24)22(28)17(2)3)15-19-7-5-6-8-21(19)18-9-11-20(25)12-10-18/h5-12,17H,4,13-16H2,1-3H3,(H,26,29)/t24-/m0/s1. The highest BCUT2D eigenvalue weighted by Gasteiger charge is 2.45. The predicted molar refractivity (Wildman–Crippen MR) is 114 cm³/mol. The second-order valence-corrected chi connectivity index (χ2v) is 7.96. The van der Waals surface area contributed by atoms with Crippen molar-refractivity contribution in [1.82, 2.24) is 10.2 Å². The van der Waals surface area contributed by atoms with Crippen molar-refractivity contribution in [3.63, 3.8) is 0 Å². The molecule has 1 N–H and O–H groups in total. The summed E-state index contributed by atoms with van der Waals surface area (Å²) >= 11 is 0. The van der Waals surface area contributed by atoms with Gasteiger partial charge in [-0.3, -0.25) is 9.59 Å². The van der Waals surface area contributed by atoms with E-state index in [4.69, 9.17) is 4.74 Å². The minimum Gasteiger partial charge on any atom is -0.361 e. The molecular formula is C24H29FN2O3. The smallest absolute Gasteiger partial charge is 0.254 e. The summed E-state index contributed by atoms with van der Waals surface area (Å²) in [6, 6.07) is 14.0. The topological polar surface area (TPSA) is 58.6 Å². The first-order valence-corrected chi connectivity index (χ1v) is 10.4. The third-order valence-corrected chi connectivity index (χ3v) is 5.39. The first-order chi connectivity index (χ1) is 14.4. The number of halogens is 1. The van der Waals surface area contributed by atoms with Gasteiger partial charge in [-0.1, -0.05) is 50.2 Å². The van der Waals surface area contributed by atoms with Crippen LogP contribution in [0.3, 0.4) is 0 Å². The van der Waals surface area contributed by atoms with Gasteiger partial charge in [0.1, 0.15) is 5.82 Å². The number of carbonyl (C=O) groups excluding carboxylic acids is 2. The molecule has 0 radical (unpaired) electrons. The maximum absolute atomic E-state index is 13.4. The van der Waals surface area contributed by atoms with E-state index in [1.807, 2.05) is 45.0 Å². The molecule has 1 aliphatic heterocycles. The first-order valence-electron chi connectivity index (χ1n) is 10.4. The Kier molecular flexibility index (Phi) is 6.87. The van der Waals surface area contributed by atoms with Crippen molar-refractivity contribution in [2.75, 3.05) is 26.2 Å². The minimum atomic E-state index is -1.17. The van der Waals surface area contributed by atoms with Crippen LogP contribution in [0.2, 0.25) is 0 Å². The third-order valence-electron chi connectivity index (χ3n) is 5.39. The van der Waals surface area contributed by atoms with E-state index in [0.717, 1.165) is 16.7 Å². The molecule has 1 heterocycles. The Bertz CT molecular complexity index is 898. The van der Waals surface area contributed by atoms with Crippen LogP contribution in [0.15, 0.2) is 48.5 Å². The van der Waals surface area contributed by atoms with Crippen molar-refractivity contribution >= 4 is 11.8 Å². The van der Waals surface area contributed by atoms with Crippen molar-refractivity contribution in [3.8, 4) is 11.1 Å². The van der Waals surface area contributed by atoms with Gasteiger partial charge in [0.25, 0.3) is 5.91 Å². The Morgan fingerprint density at radius 3 is 2.53 bits per heavy atom. The van der Waals surface area contributed by atoms with E-state index < -0.39 is 5.60 Å². The lowest BCUT2D eigenvalue weighted by molar-refractivity contribution is -0.167. The van der Waals surface area contributed by atoms with Crippen molar-refractivity contribution in [2.24, 2.45) is 5.92 Å². The maximum atomic E-state index is 13.4. The van der Waals surface area contributed by atoms with Crippen molar-refractivity contribution in [3.05, 3.63) is 59.9 Å². The van der Waals surface area contributed by atoms with Gasteiger partial charge in [-0.15, -0.1) is 0 Å². The van der Waals surface area contributed by atoms with E-state index in [9.17, 15) is 14.0 Å². The predicted octanol–water partition coefficient (Wildman–Crippen LogP) is 3.42. The molecule has 1 saturated heterocycles. The van der Waals surface area contributed by atoms with E-state index >= 15 is 0 Å². The molecule has 160 valence electrons. The average molecular weight is 413 g/mol. The van der Waals surface area contributed by atoms with Gasteiger partial charge in [0.05, 0.1) is 13.2 Å². The number of carbonyl (C=O) groups is 2. The largest absolute Gasteiger partial charge is 0.361 e. The summed E-state index contributed by atoms with van der Waals surface area (Å²) in [5.74, 6) is -0.658. The number of hydrogen-bond acceptors (Lipinski definition) is 3. The molecule has 0 aromatic heterocycles. The molecule has 0 aliphatic carbocycles. The summed E-state index contributed by atoms with van der Waals surface area (Å²) in [6.45, 7) is 7.02. The zero-order valence-corrected chi connectivity index (χ0v) is 17.8. The molecule has 0 spiro atoms. The molecule has 1 fully saturated rings. The SMILES string of the molecule is CCNC(=O)[C@]1(Cc2ccccc2-c2ccc(F)cc2)CN(C(=O)C(C)C)CCO1. The summed E-state index contributed by atoms with van der Waals surface area (Å²) < 4.78 is 19.5. The second-order valence-electron chi connectivity index (χ2n) is 7.96. The van der Waals surface area contributed by atoms with E-state index in [2.05, 4.69) is 5.32 Å². The maximum Gasteiger partial charge on any atom is 0.254 e. The number of amides is 2. The van der Waals surface area contributed by atoms with Crippen LogP contribution in [-0.2, 0) is 20.7 Å². The summed E-state index contributed by atoms with van der Waals surface area (Å²) in [5.41, 5.74) is 1.52. The van der Waals surface area contributed by atoms with Crippen LogP contribution in [0.4, 0.5) is 4.39 Å². The highest BCUT2D eigenvalue weighted by Crippen LogP contribution is 2.31. The van der Waals surface area contributed by atoms with E-state index in [-0.39, 0.29) is 30.1 Å². The molecule has 5 nitrogen and oxygen atoms in total. The molecule has 3 rings (SSSR count). The van der Waals surface area contributed by atoms with Gasteiger partial charge >= 0.3 is 0 Å². The van der Waals surface area contributed by atoms with E-state index in [1.165, 1.54) is 12.1 Å². The van der Waals surface area contributed by atoms with Crippen LogP contribution in [-0.4, -0.2) is 48.6 Å². The number of likely N-dealkylation sites (N-methyl/N-ethyl adjacent to an activating group) is 1. The van der Waals surface area contributed by atoms with Crippen LogP contribution in [0.25, 0.3) is 11.1 Å². The van der Waals surface area contributed by atoms with Crippen molar-refractivity contribution in [2.45, 2.75) is 32.8 Å². The lowest BCUT2D eigenvalue weighted by atomic mass is 9.87. The van der Waals surface area contributed by atoms with Gasteiger partial charge in [-0.05, 0) is 35.7 Å². The van der Waals surface area contributed by atoms with Crippen LogP contribution >= 0.6 is 0 Å². The van der Waals surface area contributed by atoms with Gasteiger partial charge < -0.3 is 15.0 Å². The fourth-order valence-corrected chi connectivity index (χ4v) is 3.88. The van der Waals surface area contributed by atoms with Crippen LogP contribution in [0.5, 0.6) is 0 Å². The fraction of sp³-hybridized carbons (Fsp3) is 0.417. The third kappa shape index (κ3) is 4.70. The molecule has 2 aromatic carbocycles. The highest BCUT2D eigenvalue weighted by molar-refractivity contribution is 5.88. The Morgan fingerprint density at radius 2 is 1.87 bits per heavy atom. The summed E-state index contributed by atoms with van der Waals surface area (Å²) in [7, 11) is 0. The van der Waals surface area contributed by atoms with Crippen molar-refractivity contribution in [1.29, 1.82) is 0 Å². The Balaban J connectivity index is 1.98. The van der Waals surface area contributed by atoms with E-state index in [1.54, 1.807) is 17.0 Å². The summed E-state index contributed by atoms with van der Waals surface area (Å²) in [4.78, 5) is 27.5. The number of nitrogens with one attached hydrogen (secondary N) is 1. The molecule has 30 heavy (non-hydrogen) atoms. The molecular weight excluding hydrogens is 383 g/mol. The molecule has 0 saturated carbocycles. The van der Waals surface area contributed by atoms with Crippen LogP contribution in [0, 0.1) is 11.7 Å². The fourth-order valence-electron chi connectivity index (χ4n) is 3.88. The average Bonchev–Trinajstić information content (AvgIpc) is 2.74. The van der Waals surface area contributed by atoms with Gasteiger partial charge in [0.2, 0.25) is 5.91 Å². The highest BCUT2D eigenvalue weighted by atomic mass is 19.1. The van der Waals surface area contributed by atoms with Gasteiger partial charge in [0, 0.05) is 25.4 Å². The van der Waals surface area contributed by atoms with Crippen LogP contribution in [0.1, 0.15) is 26.3 Å². The lowest BCUT2D eigenvalue weighted by Crippen LogP contribution is -2.62. The number of rotatable bonds is 6. The van der Waals surface area contributed by atoms with Gasteiger partial charge in [-0.25, -0.2) is 4.39 Å². The normalized spacial score (nSPS) is 19.0. The lowest BCUT2D eigenvalue weighted by Gasteiger charge is -2.42. The zero-order valence-electron chi connectivity index (χ0n) is 17.8. The molecule has 2 amide bonds. The molecule has 6 heteroatoms. The Morgan fingerprint density at radius 1 is 1.17 bits per heavy atom.